The molecule has 0 saturated carbocycles. The molecule has 0 fully saturated rings. The quantitative estimate of drug-likeness (QED) is 0.771. The first kappa shape index (κ1) is 10.9. The van der Waals surface area contributed by atoms with Gasteiger partial charge in [0.25, 0.3) is 0 Å². The van der Waals surface area contributed by atoms with Gasteiger partial charge in [-0.15, -0.1) is 0 Å². The van der Waals surface area contributed by atoms with Crippen molar-refractivity contribution in [3.63, 3.8) is 0 Å². The second-order valence-electron chi connectivity index (χ2n) is 4.35. The van der Waals surface area contributed by atoms with Crippen molar-refractivity contribution < 1.29 is 9.90 Å². The Balaban J connectivity index is 2.32. The molecule has 0 aromatic heterocycles. The molecule has 1 N–H and O–H groups in total. The fourth-order valence-corrected chi connectivity index (χ4v) is 2.34. The average molecular weight is 216 g/mol. The number of benzene rings is 1. The lowest BCUT2D eigenvalue weighted by Crippen LogP contribution is -2.09. The lowest BCUT2D eigenvalue weighted by molar-refractivity contribution is -0.132. The number of aliphatic carboxylic acids is 1. The van der Waals surface area contributed by atoms with Crippen molar-refractivity contribution >= 4 is 5.97 Å². The van der Waals surface area contributed by atoms with Gasteiger partial charge in [-0.25, -0.2) is 4.79 Å². The first-order valence-electron chi connectivity index (χ1n) is 5.68. The maximum Gasteiger partial charge on any atom is 0.330 e. The van der Waals surface area contributed by atoms with Crippen LogP contribution in [0.5, 0.6) is 0 Å². The van der Waals surface area contributed by atoms with Gasteiger partial charge < -0.3 is 5.11 Å². The van der Waals surface area contributed by atoms with Gasteiger partial charge in [0.2, 0.25) is 0 Å². The average Bonchev–Trinajstić information content (AvgIpc) is 2.29. The summed E-state index contributed by atoms with van der Waals surface area (Å²) < 4.78 is 0. The van der Waals surface area contributed by atoms with Crippen LogP contribution >= 0.6 is 0 Å². The molecule has 0 aliphatic heterocycles. The smallest absolute Gasteiger partial charge is 0.330 e. The molecule has 0 heterocycles. The lowest BCUT2D eigenvalue weighted by Gasteiger charge is -2.23. The van der Waals surface area contributed by atoms with Crippen molar-refractivity contribution in [3.8, 4) is 0 Å². The van der Waals surface area contributed by atoms with E-state index in [0.29, 0.717) is 5.57 Å². The number of hydrogen-bond acceptors (Lipinski definition) is 1. The van der Waals surface area contributed by atoms with Gasteiger partial charge in [-0.3, -0.25) is 0 Å². The maximum absolute atomic E-state index is 10.8. The Morgan fingerprint density at radius 1 is 1.44 bits per heavy atom. The first-order chi connectivity index (χ1) is 7.68. The summed E-state index contributed by atoms with van der Waals surface area (Å²) in [6, 6.07) is 8.34. The molecule has 1 aromatic carbocycles. The van der Waals surface area contributed by atoms with Gasteiger partial charge >= 0.3 is 5.97 Å². The summed E-state index contributed by atoms with van der Waals surface area (Å²) >= 11 is 0. The number of carboxylic acid groups (broad SMARTS) is 1. The number of carboxylic acids is 1. The number of hydrogen-bond donors (Lipinski definition) is 1. The summed E-state index contributed by atoms with van der Waals surface area (Å²) in [5.41, 5.74) is 3.12. The minimum atomic E-state index is -0.817. The Labute approximate surface area is 95.6 Å². The standard InChI is InChI=1S/C14H16O2/c1-10(14(15)16)9-12-7-4-6-11-5-2-3-8-13(11)12/h2-3,5,8-9,12H,4,6-7H2,1H3,(H,15,16)/b10-9+. The largest absolute Gasteiger partial charge is 0.478 e. The molecule has 2 nitrogen and oxygen atoms in total. The summed E-state index contributed by atoms with van der Waals surface area (Å²) in [5, 5.41) is 8.89. The molecule has 0 bridgehead atoms. The van der Waals surface area contributed by atoms with E-state index in [1.165, 1.54) is 11.1 Å². The number of allylic oxidation sites excluding steroid dienone is 1. The zero-order chi connectivity index (χ0) is 11.5. The highest BCUT2D eigenvalue weighted by Crippen LogP contribution is 2.32. The molecule has 16 heavy (non-hydrogen) atoms. The molecule has 2 heteroatoms. The molecule has 0 saturated heterocycles. The second kappa shape index (κ2) is 4.52. The van der Waals surface area contributed by atoms with Crippen molar-refractivity contribution in [1.29, 1.82) is 0 Å². The van der Waals surface area contributed by atoms with E-state index in [1.807, 2.05) is 12.1 Å². The van der Waals surface area contributed by atoms with Gasteiger partial charge in [0.15, 0.2) is 0 Å². The molecule has 1 aromatic rings. The minimum absolute atomic E-state index is 0.279. The van der Waals surface area contributed by atoms with E-state index in [-0.39, 0.29) is 5.92 Å². The molecule has 84 valence electrons. The van der Waals surface area contributed by atoms with E-state index in [4.69, 9.17) is 5.11 Å². The summed E-state index contributed by atoms with van der Waals surface area (Å²) in [5.74, 6) is -0.538. The van der Waals surface area contributed by atoms with Gasteiger partial charge in [0.1, 0.15) is 0 Å². The van der Waals surface area contributed by atoms with E-state index < -0.39 is 5.97 Å². The van der Waals surface area contributed by atoms with Crippen LogP contribution in [0.1, 0.15) is 36.8 Å². The lowest BCUT2D eigenvalue weighted by atomic mass is 9.82. The summed E-state index contributed by atoms with van der Waals surface area (Å²) in [6.07, 6.45) is 5.21. The first-order valence-corrected chi connectivity index (χ1v) is 5.68. The van der Waals surface area contributed by atoms with Crippen LogP contribution in [0.4, 0.5) is 0 Å². The third kappa shape index (κ3) is 2.16. The van der Waals surface area contributed by atoms with E-state index in [1.54, 1.807) is 6.92 Å². The zero-order valence-corrected chi connectivity index (χ0v) is 9.44. The van der Waals surface area contributed by atoms with Crippen molar-refractivity contribution in [1.82, 2.24) is 0 Å². The fraction of sp³-hybridized carbons (Fsp3) is 0.357. The number of rotatable bonds is 2. The summed E-state index contributed by atoms with van der Waals surface area (Å²) in [4.78, 5) is 10.8. The Hall–Kier alpha value is -1.57. The Bertz CT molecular complexity index is 432. The maximum atomic E-state index is 10.8. The highest BCUT2D eigenvalue weighted by molar-refractivity contribution is 5.86. The second-order valence-corrected chi connectivity index (χ2v) is 4.35. The van der Waals surface area contributed by atoms with Gasteiger partial charge in [0, 0.05) is 11.5 Å². The molecular weight excluding hydrogens is 200 g/mol. The SMILES string of the molecule is C/C(=C\C1CCCc2ccccc21)C(=O)O. The van der Waals surface area contributed by atoms with Crippen LogP contribution in [0.3, 0.4) is 0 Å². The zero-order valence-electron chi connectivity index (χ0n) is 9.44. The van der Waals surface area contributed by atoms with Crippen molar-refractivity contribution in [2.75, 3.05) is 0 Å². The molecule has 0 spiro atoms. The van der Waals surface area contributed by atoms with Crippen molar-refractivity contribution in [3.05, 3.63) is 47.0 Å². The topological polar surface area (TPSA) is 37.3 Å². The number of aryl methyl sites for hydroxylation is 1. The highest BCUT2D eigenvalue weighted by Gasteiger charge is 2.18. The van der Waals surface area contributed by atoms with Crippen LogP contribution in [-0.4, -0.2) is 11.1 Å². The third-order valence-corrected chi connectivity index (χ3v) is 3.20. The molecule has 0 radical (unpaired) electrons. The normalized spacial score (nSPS) is 20.3. The monoisotopic (exact) mass is 216 g/mol. The van der Waals surface area contributed by atoms with Gasteiger partial charge in [-0.1, -0.05) is 30.3 Å². The van der Waals surface area contributed by atoms with Gasteiger partial charge in [-0.05, 0) is 37.3 Å². The molecule has 1 aliphatic carbocycles. The Morgan fingerprint density at radius 2 is 2.19 bits per heavy atom. The number of carbonyl (C=O) groups is 1. The fourth-order valence-electron chi connectivity index (χ4n) is 2.34. The van der Waals surface area contributed by atoms with Gasteiger partial charge in [-0.2, -0.15) is 0 Å². The Morgan fingerprint density at radius 3 is 2.94 bits per heavy atom. The predicted molar refractivity (Wildman–Crippen MR) is 63.5 cm³/mol. The minimum Gasteiger partial charge on any atom is -0.478 e. The molecule has 1 atom stereocenters. The molecular formula is C14H16O2. The third-order valence-electron chi connectivity index (χ3n) is 3.20. The highest BCUT2D eigenvalue weighted by atomic mass is 16.4. The van der Waals surface area contributed by atoms with Crippen LogP contribution in [0.15, 0.2) is 35.9 Å². The van der Waals surface area contributed by atoms with Crippen LogP contribution < -0.4 is 0 Å². The van der Waals surface area contributed by atoms with E-state index in [9.17, 15) is 4.79 Å². The van der Waals surface area contributed by atoms with E-state index in [2.05, 4.69) is 18.2 Å². The van der Waals surface area contributed by atoms with Crippen LogP contribution in [0.25, 0.3) is 0 Å². The number of fused-ring (bicyclic) bond motifs is 1. The summed E-state index contributed by atoms with van der Waals surface area (Å²) in [6.45, 7) is 1.67. The van der Waals surface area contributed by atoms with Crippen LogP contribution in [0.2, 0.25) is 0 Å². The van der Waals surface area contributed by atoms with Crippen LogP contribution in [-0.2, 0) is 11.2 Å². The molecule has 2 rings (SSSR count). The molecule has 0 amide bonds. The van der Waals surface area contributed by atoms with Gasteiger partial charge in [0.05, 0.1) is 0 Å². The van der Waals surface area contributed by atoms with Crippen molar-refractivity contribution in [2.24, 2.45) is 0 Å². The predicted octanol–water partition coefficient (Wildman–Crippen LogP) is 3.14. The molecule has 1 unspecified atom stereocenters. The summed E-state index contributed by atoms with van der Waals surface area (Å²) in [7, 11) is 0. The van der Waals surface area contributed by atoms with Crippen LogP contribution in [0, 0.1) is 0 Å². The molecule has 1 aliphatic rings. The van der Waals surface area contributed by atoms with E-state index >= 15 is 0 Å². The Kier molecular flexibility index (Phi) is 3.09. The van der Waals surface area contributed by atoms with Crippen molar-refractivity contribution in [2.45, 2.75) is 32.1 Å². The van der Waals surface area contributed by atoms with E-state index in [0.717, 1.165) is 19.3 Å².